The standard InChI is InChI=1S/Li.H3N.2H2S.H/h;1H3;2*1H2;/q+1;;;;-1. The Morgan fingerprint density at radius 2 is 1.00 bits per heavy atom. The third-order valence-electron chi connectivity index (χ3n) is 0. The predicted octanol–water partition coefficient (Wildman–Crippen LogP) is -2.50. The third-order valence-corrected chi connectivity index (χ3v) is 0. The molecule has 0 saturated heterocycles. The van der Waals surface area contributed by atoms with Gasteiger partial charge in [0.15, 0.2) is 0 Å². The third kappa shape index (κ3) is 10.5. The number of hydrogen-bond acceptors (Lipinski definition) is 1. The van der Waals surface area contributed by atoms with Crippen molar-refractivity contribution in [3.05, 3.63) is 0 Å². The van der Waals surface area contributed by atoms with Gasteiger partial charge in [-0.25, -0.2) is 0 Å². The van der Waals surface area contributed by atoms with Gasteiger partial charge in [-0.05, 0) is 0 Å². The Balaban J connectivity index is 0. The van der Waals surface area contributed by atoms with Crippen molar-refractivity contribution in [3.63, 3.8) is 0 Å². The maximum atomic E-state index is 0. The largest absolute Gasteiger partial charge is 1.00 e. The van der Waals surface area contributed by atoms with E-state index in [0.29, 0.717) is 0 Å². The van der Waals surface area contributed by atoms with Gasteiger partial charge in [0.25, 0.3) is 0 Å². The molecule has 0 aliphatic heterocycles. The monoisotopic (exact) mass is 93.0 g/mol. The molecule has 0 aliphatic carbocycles. The molecule has 0 aromatic rings. The van der Waals surface area contributed by atoms with Crippen LogP contribution in [0.5, 0.6) is 0 Å². The Hall–Kier alpha value is 1.26. The van der Waals surface area contributed by atoms with Crippen LogP contribution < -0.4 is 25.0 Å². The zero-order valence-corrected chi connectivity index (χ0v) is 4.71. The van der Waals surface area contributed by atoms with Gasteiger partial charge in [0.2, 0.25) is 0 Å². The van der Waals surface area contributed by atoms with Crippen LogP contribution in [0, 0.1) is 0 Å². The molecule has 0 aromatic heterocycles. The SMILES string of the molecule is N.S.S.[H-].[Li+]. The minimum atomic E-state index is 0. The van der Waals surface area contributed by atoms with Gasteiger partial charge < -0.3 is 7.58 Å². The summed E-state index contributed by atoms with van der Waals surface area (Å²) < 4.78 is 0. The van der Waals surface area contributed by atoms with Crippen molar-refractivity contribution in [3.8, 4) is 0 Å². The summed E-state index contributed by atoms with van der Waals surface area (Å²) in [5, 5.41) is 0. The molecule has 0 atom stereocenters. The van der Waals surface area contributed by atoms with Gasteiger partial charge in [-0.3, -0.25) is 0 Å². The van der Waals surface area contributed by atoms with Crippen molar-refractivity contribution < 1.29 is 20.3 Å². The van der Waals surface area contributed by atoms with Crippen molar-refractivity contribution in [2.45, 2.75) is 0 Å². The molecule has 0 amide bonds. The second kappa shape index (κ2) is 28.6. The van der Waals surface area contributed by atoms with Crippen molar-refractivity contribution in [1.82, 2.24) is 6.15 Å². The number of hydrogen-bond donors (Lipinski definition) is 1. The molecule has 0 fully saturated rings. The van der Waals surface area contributed by atoms with Crippen LogP contribution in [0.3, 0.4) is 0 Å². The normalized spacial score (nSPS) is 0. The van der Waals surface area contributed by atoms with E-state index in [1.165, 1.54) is 0 Å². The molecule has 0 bridgehead atoms. The topological polar surface area (TPSA) is 35.0 Å². The first-order valence-corrected chi connectivity index (χ1v) is 0. The Kier molecular flexibility index (Phi) is 431. The Labute approximate surface area is 53.7 Å². The molecule has 0 rings (SSSR count). The number of rotatable bonds is 0. The fourth-order valence-electron chi connectivity index (χ4n) is 0. The molecule has 0 spiro atoms. The molecule has 0 saturated carbocycles. The van der Waals surface area contributed by atoms with Crippen molar-refractivity contribution in [2.24, 2.45) is 0 Å². The molecule has 4 heavy (non-hydrogen) atoms. The van der Waals surface area contributed by atoms with E-state index in [2.05, 4.69) is 0 Å². The van der Waals surface area contributed by atoms with Crippen LogP contribution in [0.2, 0.25) is 0 Å². The summed E-state index contributed by atoms with van der Waals surface area (Å²) in [5.41, 5.74) is 0. The molecule has 0 aliphatic rings. The summed E-state index contributed by atoms with van der Waals surface area (Å²) in [6.45, 7) is 0. The smallest absolute Gasteiger partial charge is 1.00 e. The molecule has 0 heterocycles. The first kappa shape index (κ1) is 60.3. The molecule has 1 nitrogen and oxygen atoms in total. The van der Waals surface area contributed by atoms with Crippen LogP contribution in [0.1, 0.15) is 1.43 Å². The van der Waals surface area contributed by atoms with E-state index in [-0.39, 0.29) is 53.4 Å². The first-order chi connectivity index (χ1) is 0. The minimum Gasteiger partial charge on any atom is -1.00 e. The van der Waals surface area contributed by atoms with Crippen molar-refractivity contribution in [2.75, 3.05) is 0 Å². The minimum absolute atomic E-state index is 0. The van der Waals surface area contributed by atoms with Crippen LogP contribution in [0.25, 0.3) is 0 Å². The molecule has 3 N–H and O–H groups in total. The second-order valence-corrected chi connectivity index (χ2v) is 0. The van der Waals surface area contributed by atoms with Gasteiger partial charge in [-0.2, -0.15) is 27.0 Å². The maximum absolute atomic E-state index is 0. The van der Waals surface area contributed by atoms with Gasteiger partial charge in [-0.15, -0.1) is 0 Å². The van der Waals surface area contributed by atoms with Gasteiger partial charge >= 0.3 is 18.9 Å². The van der Waals surface area contributed by atoms with Crippen LogP contribution in [-0.2, 0) is 0 Å². The summed E-state index contributed by atoms with van der Waals surface area (Å²) in [7, 11) is 0. The Morgan fingerprint density at radius 3 is 1.00 bits per heavy atom. The molecule has 26 valence electrons. The summed E-state index contributed by atoms with van der Waals surface area (Å²) in [4.78, 5) is 0. The van der Waals surface area contributed by atoms with Crippen LogP contribution >= 0.6 is 27.0 Å². The van der Waals surface area contributed by atoms with Crippen LogP contribution in [0.4, 0.5) is 0 Å². The van der Waals surface area contributed by atoms with Gasteiger partial charge in [0.05, 0.1) is 0 Å². The molecule has 0 aromatic carbocycles. The van der Waals surface area contributed by atoms with Gasteiger partial charge in [-0.1, -0.05) is 0 Å². The maximum Gasteiger partial charge on any atom is 1.00 e. The molecular weight excluding hydrogens is 85.1 g/mol. The molecule has 0 unspecified atom stereocenters. The van der Waals surface area contributed by atoms with E-state index in [0.717, 1.165) is 0 Å². The zero-order chi connectivity index (χ0) is 0. The summed E-state index contributed by atoms with van der Waals surface area (Å²) >= 11 is 0. The van der Waals surface area contributed by atoms with Gasteiger partial charge in [0.1, 0.15) is 0 Å². The fourth-order valence-corrected chi connectivity index (χ4v) is 0. The van der Waals surface area contributed by atoms with Crippen molar-refractivity contribution in [1.29, 1.82) is 0 Å². The van der Waals surface area contributed by atoms with E-state index >= 15 is 0 Å². The van der Waals surface area contributed by atoms with Crippen LogP contribution in [-0.4, -0.2) is 0 Å². The summed E-state index contributed by atoms with van der Waals surface area (Å²) in [6.07, 6.45) is 0. The van der Waals surface area contributed by atoms with Crippen LogP contribution in [0.15, 0.2) is 0 Å². The average Bonchev–Trinajstić information content (AvgIpc) is 0. The molecule has 4 heteroatoms. The predicted molar refractivity (Wildman–Crippen MR) is 26.9 cm³/mol. The van der Waals surface area contributed by atoms with E-state index in [1.807, 2.05) is 0 Å². The van der Waals surface area contributed by atoms with E-state index in [4.69, 9.17) is 0 Å². The van der Waals surface area contributed by atoms with E-state index < -0.39 is 0 Å². The Bertz CT molecular complexity index is 9.61. The zero-order valence-electron chi connectivity index (χ0n) is 3.71. The van der Waals surface area contributed by atoms with E-state index in [9.17, 15) is 0 Å². The summed E-state index contributed by atoms with van der Waals surface area (Å²) in [6, 6.07) is 0. The average molecular weight is 93.1 g/mol. The summed E-state index contributed by atoms with van der Waals surface area (Å²) in [5.74, 6) is 0. The van der Waals surface area contributed by atoms with Gasteiger partial charge in [0, 0.05) is 0 Å². The first-order valence-electron chi connectivity index (χ1n) is 0. The quantitative estimate of drug-likeness (QED) is 0.330. The molecule has 0 radical (unpaired) electrons. The van der Waals surface area contributed by atoms with Crippen molar-refractivity contribution >= 4 is 27.0 Å². The second-order valence-electron chi connectivity index (χ2n) is 0. The molecular formula is H8LiNS2. The Morgan fingerprint density at radius 1 is 1.00 bits per heavy atom. The fraction of sp³-hybridized carbons (Fsp3) is 0. The van der Waals surface area contributed by atoms with E-state index in [1.54, 1.807) is 0 Å².